The van der Waals surface area contributed by atoms with E-state index in [-0.39, 0.29) is 17.4 Å². The van der Waals surface area contributed by atoms with E-state index in [0.717, 1.165) is 30.6 Å². The first kappa shape index (κ1) is 28.5. The summed E-state index contributed by atoms with van der Waals surface area (Å²) in [7, 11) is 1.59. The molecule has 0 spiro atoms. The molecule has 1 N–H and O–H groups in total. The number of amides is 1. The molecule has 0 bridgehead atoms. The van der Waals surface area contributed by atoms with Crippen molar-refractivity contribution >= 4 is 17.4 Å². The van der Waals surface area contributed by atoms with Crippen LogP contribution in [0.4, 0.5) is 0 Å². The molecule has 2 atom stereocenters. The van der Waals surface area contributed by atoms with Gasteiger partial charge in [0.25, 0.3) is 11.7 Å². The summed E-state index contributed by atoms with van der Waals surface area (Å²) >= 11 is 0. The van der Waals surface area contributed by atoms with Crippen LogP contribution in [0.15, 0.2) is 42.0 Å². The Kier molecular flexibility index (Phi) is 9.51. The lowest BCUT2D eigenvalue weighted by atomic mass is 9.94. The van der Waals surface area contributed by atoms with Gasteiger partial charge in [0.15, 0.2) is 11.5 Å². The number of aliphatic hydroxyl groups excluding tert-OH is 1. The van der Waals surface area contributed by atoms with E-state index in [0.29, 0.717) is 61.8 Å². The average molecular weight is 538 g/mol. The number of hydrogen-bond acceptors (Lipinski definition) is 7. The molecular weight excluding hydrogens is 498 g/mol. The number of ketones is 1. The molecule has 2 aliphatic rings. The molecule has 2 aromatic carbocycles. The van der Waals surface area contributed by atoms with E-state index in [2.05, 4.69) is 6.92 Å². The number of unbranched alkanes of at least 4 members (excludes halogenated alkanes) is 2. The van der Waals surface area contributed by atoms with Crippen molar-refractivity contribution in [3.63, 3.8) is 0 Å². The van der Waals surface area contributed by atoms with Crippen LogP contribution in [0.5, 0.6) is 17.2 Å². The van der Waals surface area contributed by atoms with E-state index in [9.17, 15) is 14.7 Å². The standard InChI is InChI=1S/C31H39NO7/c1-5-7-8-16-38-25-13-10-21(19-26(25)37-6-2)28-27(30(34)31(35)32(28)14-9-15-36-4)29(33)22-11-12-24-23(18-22)17-20(3)39-24/h10-13,18-20,28,33H,5-9,14-17H2,1-4H3/b29-27+/t20-,28+/m1/s1. The van der Waals surface area contributed by atoms with Crippen molar-refractivity contribution in [1.82, 2.24) is 4.90 Å². The number of ether oxygens (including phenoxy) is 4. The van der Waals surface area contributed by atoms with Gasteiger partial charge in [-0.1, -0.05) is 25.8 Å². The van der Waals surface area contributed by atoms with Gasteiger partial charge >= 0.3 is 0 Å². The summed E-state index contributed by atoms with van der Waals surface area (Å²) in [5.41, 5.74) is 2.16. The van der Waals surface area contributed by atoms with Gasteiger partial charge in [0.05, 0.1) is 24.8 Å². The first-order chi connectivity index (χ1) is 18.9. The summed E-state index contributed by atoms with van der Waals surface area (Å²) in [6.07, 6.45) is 4.41. The van der Waals surface area contributed by atoms with Gasteiger partial charge in [0.1, 0.15) is 17.6 Å². The number of aliphatic hydroxyl groups is 1. The van der Waals surface area contributed by atoms with Gasteiger partial charge in [0, 0.05) is 32.2 Å². The van der Waals surface area contributed by atoms with Gasteiger partial charge in [-0.3, -0.25) is 9.59 Å². The highest BCUT2D eigenvalue weighted by Gasteiger charge is 2.46. The van der Waals surface area contributed by atoms with Crippen LogP contribution in [0.2, 0.25) is 0 Å². The van der Waals surface area contributed by atoms with Crippen molar-refractivity contribution in [3.05, 3.63) is 58.7 Å². The first-order valence-corrected chi connectivity index (χ1v) is 13.9. The number of nitrogens with zero attached hydrogens (tertiary/aromatic N) is 1. The van der Waals surface area contributed by atoms with Gasteiger partial charge < -0.3 is 29.0 Å². The highest BCUT2D eigenvalue weighted by atomic mass is 16.5. The van der Waals surface area contributed by atoms with Crippen LogP contribution in [-0.4, -0.2) is 61.3 Å². The van der Waals surface area contributed by atoms with E-state index in [1.54, 1.807) is 19.2 Å². The number of fused-ring (bicyclic) bond motifs is 1. The second kappa shape index (κ2) is 13.0. The fourth-order valence-corrected chi connectivity index (χ4v) is 5.18. The van der Waals surface area contributed by atoms with Crippen molar-refractivity contribution in [3.8, 4) is 17.2 Å². The summed E-state index contributed by atoms with van der Waals surface area (Å²) in [5.74, 6) is 0.365. The lowest BCUT2D eigenvalue weighted by molar-refractivity contribution is -0.140. The SMILES string of the molecule is CCCCCOc1ccc([C@H]2/C(=C(\O)c3ccc4c(c3)C[C@@H](C)O4)C(=O)C(=O)N2CCCOC)cc1OCC. The monoisotopic (exact) mass is 537 g/mol. The molecule has 8 nitrogen and oxygen atoms in total. The molecule has 0 aromatic heterocycles. The third-order valence-electron chi connectivity index (χ3n) is 7.05. The summed E-state index contributed by atoms with van der Waals surface area (Å²) in [6, 6.07) is 10.0. The smallest absolute Gasteiger partial charge is 0.295 e. The maximum Gasteiger partial charge on any atom is 0.295 e. The number of carbonyl (C=O) groups is 2. The Morgan fingerprint density at radius 1 is 1.03 bits per heavy atom. The molecule has 2 heterocycles. The third-order valence-corrected chi connectivity index (χ3v) is 7.05. The average Bonchev–Trinajstić information content (AvgIpc) is 3.42. The van der Waals surface area contributed by atoms with Gasteiger partial charge in [-0.15, -0.1) is 0 Å². The van der Waals surface area contributed by atoms with Crippen LogP contribution in [0.3, 0.4) is 0 Å². The van der Waals surface area contributed by atoms with E-state index in [4.69, 9.17) is 18.9 Å². The Bertz CT molecular complexity index is 1220. The maximum atomic E-state index is 13.4. The van der Waals surface area contributed by atoms with Crippen molar-refractivity contribution in [1.29, 1.82) is 0 Å². The lowest BCUT2D eigenvalue weighted by Gasteiger charge is -2.26. The van der Waals surface area contributed by atoms with E-state index >= 15 is 0 Å². The fourth-order valence-electron chi connectivity index (χ4n) is 5.18. The summed E-state index contributed by atoms with van der Waals surface area (Å²) in [5, 5.41) is 11.5. The van der Waals surface area contributed by atoms with Crippen LogP contribution >= 0.6 is 0 Å². The normalized spacial score (nSPS) is 19.7. The number of methoxy groups -OCH3 is 1. The van der Waals surface area contributed by atoms with Crippen molar-refractivity contribution in [2.24, 2.45) is 0 Å². The highest BCUT2D eigenvalue weighted by Crippen LogP contribution is 2.43. The molecule has 0 unspecified atom stereocenters. The Hall–Kier alpha value is -3.52. The minimum Gasteiger partial charge on any atom is -0.507 e. The topological polar surface area (TPSA) is 94.5 Å². The van der Waals surface area contributed by atoms with Crippen LogP contribution in [0, 0.1) is 0 Å². The minimum absolute atomic E-state index is 0.0449. The minimum atomic E-state index is -0.779. The number of hydrogen-bond donors (Lipinski definition) is 1. The van der Waals surface area contributed by atoms with Crippen molar-refractivity contribution < 1.29 is 33.6 Å². The first-order valence-electron chi connectivity index (χ1n) is 13.9. The van der Waals surface area contributed by atoms with Crippen LogP contribution in [0.1, 0.15) is 69.2 Å². The molecule has 2 aliphatic heterocycles. The van der Waals surface area contributed by atoms with Gasteiger partial charge in [0.2, 0.25) is 0 Å². The van der Waals surface area contributed by atoms with Crippen molar-refractivity contribution in [2.45, 2.75) is 65.0 Å². The molecular formula is C31H39NO7. The molecule has 1 saturated heterocycles. The van der Waals surface area contributed by atoms with Crippen LogP contribution in [0.25, 0.3) is 5.76 Å². The van der Waals surface area contributed by atoms with Gasteiger partial charge in [-0.2, -0.15) is 0 Å². The van der Waals surface area contributed by atoms with E-state index in [1.165, 1.54) is 4.90 Å². The van der Waals surface area contributed by atoms with Gasteiger partial charge in [-0.25, -0.2) is 0 Å². The second-order valence-corrected chi connectivity index (χ2v) is 9.99. The van der Waals surface area contributed by atoms with Gasteiger partial charge in [-0.05, 0) is 68.1 Å². The maximum absolute atomic E-state index is 13.4. The second-order valence-electron chi connectivity index (χ2n) is 9.99. The van der Waals surface area contributed by atoms with Crippen LogP contribution in [-0.2, 0) is 20.7 Å². The zero-order valence-electron chi connectivity index (χ0n) is 23.3. The number of benzene rings is 2. The quantitative estimate of drug-likeness (QED) is 0.157. The summed E-state index contributed by atoms with van der Waals surface area (Å²) < 4.78 is 22.9. The predicted molar refractivity (Wildman–Crippen MR) is 148 cm³/mol. The molecule has 0 saturated carbocycles. The number of rotatable bonds is 13. The molecule has 8 heteroatoms. The van der Waals surface area contributed by atoms with Crippen molar-refractivity contribution in [2.75, 3.05) is 33.5 Å². The summed E-state index contributed by atoms with van der Waals surface area (Å²) in [6.45, 7) is 7.76. The zero-order valence-corrected chi connectivity index (χ0v) is 23.3. The molecule has 0 radical (unpaired) electrons. The third kappa shape index (κ3) is 6.22. The Morgan fingerprint density at radius 2 is 1.85 bits per heavy atom. The fraction of sp³-hybridized carbons (Fsp3) is 0.484. The van der Waals surface area contributed by atoms with E-state index < -0.39 is 17.7 Å². The highest BCUT2D eigenvalue weighted by molar-refractivity contribution is 6.46. The number of Topliss-reactive ketones (excluding diaryl/α,β-unsaturated/α-hetero) is 1. The predicted octanol–water partition coefficient (Wildman–Crippen LogP) is 5.44. The van der Waals surface area contributed by atoms with E-state index in [1.807, 2.05) is 38.1 Å². The molecule has 4 rings (SSSR count). The molecule has 1 amide bonds. The Labute approximate surface area is 230 Å². The summed E-state index contributed by atoms with van der Waals surface area (Å²) in [4.78, 5) is 28.2. The van der Waals surface area contributed by atoms with Crippen LogP contribution < -0.4 is 14.2 Å². The zero-order chi connectivity index (χ0) is 27.9. The Balaban J connectivity index is 1.76. The Morgan fingerprint density at radius 3 is 2.59 bits per heavy atom. The molecule has 39 heavy (non-hydrogen) atoms. The molecule has 210 valence electrons. The lowest BCUT2D eigenvalue weighted by Crippen LogP contribution is -2.31. The molecule has 2 aromatic rings. The number of likely N-dealkylation sites (tertiary alicyclic amines) is 1. The largest absolute Gasteiger partial charge is 0.507 e. The molecule has 0 aliphatic carbocycles. The number of carbonyl (C=O) groups excluding carboxylic acids is 2. The molecule has 1 fully saturated rings.